The van der Waals surface area contributed by atoms with Crippen molar-refractivity contribution in [3.63, 3.8) is 0 Å². The number of nitrogens with two attached hydrogens (primary N) is 1. The third kappa shape index (κ3) is 2.91. The number of aromatic amines is 1. The lowest BCUT2D eigenvalue weighted by molar-refractivity contribution is -0.384. The molecule has 0 aliphatic carbocycles. The third-order valence-electron chi connectivity index (χ3n) is 2.68. The van der Waals surface area contributed by atoms with Crippen molar-refractivity contribution in [2.75, 3.05) is 6.54 Å². The van der Waals surface area contributed by atoms with Crippen LogP contribution in [0.1, 0.15) is 24.3 Å². The first-order chi connectivity index (χ1) is 9.28. The SMILES string of the molecule is CC(C)(N)CNC(=O)c1n[nH]c2ccc([N+](=O)[O-])cc12. The molecule has 20 heavy (non-hydrogen) atoms. The zero-order valence-electron chi connectivity index (χ0n) is 11.1. The third-order valence-corrected chi connectivity index (χ3v) is 2.68. The fraction of sp³-hybridized carbons (Fsp3) is 0.333. The second kappa shape index (κ2) is 4.89. The van der Waals surface area contributed by atoms with Gasteiger partial charge in [-0.05, 0) is 19.9 Å². The summed E-state index contributed by atoms with van der Waals surface area (Å²) < 4.78 is 0. The Morgan fingerprint density at radius 2 is 2.25 bits per heavy atom. The molecule has 1 amide bonds. The summed E-state index contributed by atoms with van der Waals surface area (Å²) in [6.07, 6.45) is 0. The number of benzene rings is 1. The minimum Gasteiger partial charge on any atom is -0.349 e. The maximum absolute atomic E-state index is 12.0. The molecule has 0 saturated heterocycles. The summed E-state index contributed by atoms with van der Waals surface area (Å²) >= 11 is 0. The molecule has 0 spiro atoms. The number of hydrogen-bond acceptors (Lipinski definition) is 5. The van der Waals surface area contributed by atoms with Crippen LogP contribution in [0.15, 0.2) is 18.2 Å². The Kier molecular flexibility index (Phi) is 3.41. The number of carbonyl (C=O) groups excluding carboxylic acids is 1. The Labute approximate surface area is 114 Å². The zero-order chi connectivity index (χ0) is 14.9. The maximum atomic E-state index is 12.0. The van der Waals surface area contributed by atoms with Crippen LogP contribution >= 0.6 is 0 Å². The number of amides is 1. The van der Waals surface area contributed by atoms with Gasteiger partial charge in [-0.2, -0.15) is 5.10 Å². The minimum absolute atomic E-state index is 0.0906. The van der Waals surface area contributed by atoms with E-state index in [0.29, 0.717) is 10.9 Å². The number of aromatic nitrogens is 2. The molecule has 0 unspecified atom stereocenters. The highest BCUT2D eigenvalue weighted by molar-refractivity contribution is 6.05. The van der Waals surface area contributed by atoms with Gasteiger partial charge in [0, 0.05) is 29.6 Å². The van der Waals surface area contributed by atoms with E-state index in [1.807, 2.05) is 0 Å². The molecule has 0 bridgehead atoms. The summed E-state index contributed by atoms with van der Waals surface area (Å²) in [7, 11) is 0. The molecule has 0 aliphatic rings. The number of fused-ring (bicyclic) bond motifs is 1. The molecule has 8 nitrogen and oxygen atoms in total. The van der Waals surface area contributed by atoms with Crippen molar-refractivity contribution in [1.82, 2.24) is 15.5 Å². The molecular weight excluding hydrogens is 262 g/mol. The van der Waals surface area contributed by atoms with E-state index in [0.717, 1.165) is 0 Å². The highest BCUT2D eigenvalue weighted by atomic mass is 16.6. The number of nitrogens with zero attached hydrogens (tertiary/aromatic N) is 2. The van der Waals surface area contributed by atoms with Crippen LogP contribution in [0.25, 0.3) is 10.9 Å². The summed E-state index contributed by atoms with van der Waals surface area (Å²) in [5.41, 5.74) is 5.82. The van der Waals surface area contributed by atoms with Crippen molar-refractivity contribution in [1.29, 1.82) is 0 Å². The first-order valence-corrected chi connectivity index (χ1v) is 5.97. The van der Waals surface area contributed by atoms with Crippen LogP contribution in [0.2, 0.25) is 0 Å². The van der Waals surface area contributed by atoms with Gasteiger partial charge in [0.2, 0.25) is 0 Å². The van der Waals surface area contributed by atoms with E-state index < -0.39 is 16.4 Å². The van der Waals surface area contributed by atoms with E-state index >= 15 is 0 Å². The fourth-order valence-corrected chi connectivity index (χ4v) is 1.68. The Bertz CT molecular complexity index is 671. The van der Waals surface area contributed by atoms with Crippen LogP contribution in [0, 0.1) is 10.1 Å². The van der Waals surface area contributed by atoms with E-state index in [9.17, 15) is 14.9 Å². The number of nitro groups is 1. The monoisotopic (exact) mass is 277 g/mol. The van der Waals surface area contributed by atoms with Crippen LogP contribution in [-0.2, 0) is 0 Å². The topological polar surface area (TPSA) is 127 Å². The Balaban J connectivity index is 2.32. The van der Waals surface area contributed by atoms with Gasteiger partial charge in [-0.1, -0.05) is 0 Å². The van der Waals surface area contributed by atoms with Gasteiger partial charge in [0.05, 0.1) is 10.4 Å². The predicted molar refractivity (Wildman–Crippen MR) is 73.3 cm³/mol. The summed E-state index contributed by atoms with van der Waals surface area (Å²) in [5.74, 6) is -0.421. The van der Waals surface area contributed by atoms with Crippen LogP contribution in [0.3, 0.4) is 0 Å². The Morgan fingerprint density at radius 3 is 2.85 bits per heavy atom. The lowest BCUT2D eigenvalue weighted by atomic mass is 10.1. The molecule has 106 valence electrons. The van der Waals surface area contributed by atoms with E-state index in [2.05, 4.69) is 15.5 Å². The largest absolute Gasteiger partial charge is 0.349 e. The number of nitrogens with one attached hydrogen (secondary N) is 2. The average molecular weight is 277 g/mol. The summed E-state index contributed by atoms with van der Waals surface area (Å²) in [6.45, 7) is 3.83. The molecule has 1 aromatic heterocycles. The molecule has 0 fully saturated rings. The first-order valence-electron chi connectivity index (χ1n) is 5.97. The van der Waals surface area contributed by atoms with Crippen molar-refractivity contribution in [2.24, 2.45) is 5.73 Å². The van der Waals surface area contributed by atoms with Crippen LogP contribution < -0.4 is 11.1 Å². The standard InChI is InChI=1S/C12H15N5O3/c1-12(2,13)6-14-11(18)10-8-5-7(17(19)20)3-4-9(8)15-16-10/h3-5H,6,13H2,1-2H3,(H,14,18)(H,15,16). The molecular formula is C12H15N5O3. The van der Waals surface area contributed by atoms with Crippen molar-refractivity contribution in [3.8, 4) is 0 Å². The zero-order valence-corrected chi connectivity index (χ0v) is 11.1. The second-order valence-corrected chi connectivity index (χ2v) is 5.23. The smallest absolute Gasteiger partial charge is 0.272 e. The quantitative estimate of drug-likeness (QED) is 0.566. The summed E-state index contributed by atoms with van der Waals surface area (Å²) in [6, 6.07) is 4.19. The highest BCUT2D eigenvalue weighted by Crippen LogP contribution is 2.22. The molecule has 0 radical (unpaired) electrons. The maximum Gasteiger partial charge on any atom is 0.272 e. The molecule has 1 heterocycles. The van der Waals surface area contributed by atoms with E-state index in [1.165, 1.54) is 18.2 Å². The van der Waals surface area contributed by atoms with Gasteiger partial charge in [0.1, 0.15) is 0 Å². The number of carbonyl (C=O) groups is 1. The average Bonchev–Trinajstić information content (AvgIpc) is 2.77. The number of rotatable bonds is 4. The predicted octanol–water partition coefficient (Wildman–Crippen LogP) is 0.938. The Morgan fingerprint density at radius 1 is 1.55 bits per heavy atom. The molecule has 2 rings (SSSR count). The van der Waals surface area contributed by atoms with Gasteiger partial charge in [-0.25, -0.2) is 0 Å². The van der Waals surface area contributed by atoms with Crippen molar-refractivity contribution >= 4 is 22.5 Å². The van der Waals surface area contributed by atoms with E-state index in [-0.39, 0.29) is 17.9 Å². The molecule has 0 saturated carbocycles. The summed E-state index contributed by atoms with van der Waals surface area (Å²) in [4.78, 5) is 22.3. The fourth-order valence-electron chi connectivity index (χ4n) is 1.68. The lowest BCUT2D eigenvalue weighted by Crippen LogP contribution is -2.45. The second-order valence-electron chi connectivity index (χ2n) is 5.23. The number of nitro benzene ring substituents is 1. The lowest BCUT2D eigenvalue weighted by Gasteiger charge is -2.18. The van der Waals surface area contributed by atoms with Crippen molar-refractivity contribution in [3.05, 3.63) is 34.0 Å². The minimum atomic E-state index is -0.548. The number of non-ortho nitro benzene ring substituents is 1. The van der Waals surface area contributed by atoms with E-state index in [4.69, 9.17) is 5.73 Å². The first kappa shape index (κ1) is 13.9. The van der Waals surface area contributed by atoms with Crippen LogP contribution in [0.4, 0.5) is 5.69 Å². The summed E-state index contributed by atoms with van der Waals surface area (Å²) in [5, 5.41) is 20.4. The molecule has 8 heteroatoms. The molecule has 0 atom stereocenters. The van der Waals surface area contributed by atoms with Crippen LogP contribution in [0.5, 0.6) is 0 Å². The molecule has 0 aliphatic heterocycles. The van der Waals surface area contributed by atoms with Gasteiger partial charge < -0.3 is 11.1 Å². The number of H-pyrrole nitrogens is 1. The van der Waals surface area contributed by atoms with Gasteiger partial charge in [0.25, 0.3) is 11.6 Å². The van der Waals surface area contributed by atoms with Crippen molar-refractivity contribution in [2.45, 2.75) is 19.4 Å². The van der Waals surface area contributed by atoms with Crippen molar-refractivity contribution < 1.29 is 9.72 Å². The number of hydrogen-bond donors (Lipinski definition) is 3. The van der Waals surface area contributed by atoms with Crippen LogP contribution in [-0.4, -0.2) is 33.1 Å². The van der Waals surface area contributed by atoms with Gasteiger partial charge >= 0.3 is 0 Å². The Hall–Kier alpha value is -2.48. The van der Waals surface area contributed by atoms with Gasteiger partial charge in [-0.3, -0.25) is 20.0 Å². The molecule has 1 aromatic carbocycles. The molecule has 4 N–H and O–H groups in total. The normalized spacial score (nSPS) is 11.6. The molecule has 2 aromatic rings. The highest BCUT2D eigenvalue weighted by Gasteiger charge is 2.19. The van der Waals surface area contributed by atoms with Gasteiger partial charge in [0.15, 0.2) is 5.69 Å². The van der Waals surface area contributed by atoms with E-state index in [1.54, 1.807) is 13.8 Å². The van der Waals surface area contributed by atoms with Gasteiger partial charge in [-0.15, -0.1) is 0 Å².